The number of hydrogen-bond donors (Lipinski definition) is 1. The smallest absolute Gasteiger partial charge is 0.152 e. The van der Waals surface area contributed by atoms with Crippen molar-refractivity contribution >= 4 is 9.84 Å². The summed E-state index contributed by atoms with van der Waals surface area (Å²) in [4.78, 5) is 0. The third-order valence-corrected chi connectivity index (χ3v) is 5.89. The van der Waals surface area contributed by atoms with Crippen molar-refractivity contribution in [3.63, 3.8) is 0 Å². The number of nitrogens with one attached hydrogen (secondary N) is 1. The minimum absolute atomic E-state index is 0.0160. The Bertz CT molecular complexity index is 351. The van der Waals surface area contributed by atoms with E-state index in [0.717, 1.165) is 25.8 Å². The maximum Gasteiger partial charge on any atom is 0.152 e. The quantitative estimate of drug-likeness (QED) is 0.783. The fourth-order valence-electron chi connectivity index (χ4n) is 2.79. The van der Waals surface area contributed by atoms with Crippen molar-refractivity contribution in [1.82, 2.24) is 5.32 Å². The van der Waals surface area contributed by atoms with Crippen LogP contribution in [0, 0.1) is 11.3 Å². The van der Waals surface area contributed by atoms with Gasteiger partial charge in [-0.15, -0.1) is 0 Å². The largest absolute Gasteiger partial charge is 0.312 e. The highest BCUT2D eigenvalue weighted by Gasteiger charge is 2.31. The van der Waals surface area contributed by atoms with Crippen LogP contribution in [0.5, 0.6) is 0 Å². The Hall–Kier alpha value is -0.0900. The Kier molecular flexibility index (Phi) is 6.31. The summed E-state index contributed by atoms with van der Waals surface area (Å²) < 4.78 is 24.7. The maximum absolute atomic E-state index is 12.4. The lowest BCUT2D eigenvalue weighted by molar-refractivity contribution is 0.288. The molecule has 1 N–H and O–H groups in total. The maximum atomic E-state index is 12.4. The summed E-state index contributed by atoms with van der Waals surface area (Å²) in [5.41, 5.74) is -0.0160. The van der Waals surface area contributed by atoms with Crippen LogP contribution >= 0.6 is 0 Å². The van der Waals surface area contributed by atoms with Gasteiger partial charge in [-0.3, -0.25) is 0 Å². The monoisotopic (exact) mass is 289 g/mol. The van der Waals surface area contributed by atoms with Gasteiger partial charge in [0.25, 0.3) is 0 Å². The summed E-state index contributed by atoms with van der Waals surface area (Å²) in [7, 11) is -2.94. The van der Waals surface area contributed by atoms with Crippen LogP contribution in [0.25, 0.3) is 0 Å². The van der Waals surface area contributed by atoms with Crippen molar-refractivity contribution < 1.29 is 8.42 Å². The van der Waals surface area contributed by atoms with Crippen molar-refractivity contribution in [2.24, 2.45) is 11.3 Å². The summed E-state index contributed by atoms with van der Waals surface area (Å²) in [5, 5.41) is 3.41. The molecule has 1 fully saturated rings. The molecule has 19 heavy (non-hydrogen) atoms. The van der Waals surface area contributed by atoms with E-state index in [2.05, 4.69) is 33.0 Å². The van der Waals surface area contributed by atoms with E-state index in [4.69, 9.17) is 0 Å². The minimum atomic E-state index is -2.94. The fourth-order valence-corrected chi connectivity index (χ4v) is 5.11. The first kappa shape index (κ1) is 17.0. The molecular weight excluding hydrogens is 258 g/mol. The molecule has 0 saturated heterocycles. The van der Waals surface area contributed by atoms with Gasteiger partial charge in [-0.2, -0.15) is 0 Å². The van der Waals surface area contributed by atoms with Gasteiger partial charge in [0.15, 0.2) is 9.84 Å². The summed E-state index contributed by atoms with van der Waals surface area (Å²) in [6.07, 6.45) is 5.65. The summed E-state index contributed by atoms with van der Waals surface area (Å²) in [5.74, 6) is 1.09. The predicted molar refractivity (Wildman–Crippen MR) is 82.1 cm³/mol. The van der Waals surface area contributed by atoms with Gasteiger partial charge in [0.1, 0.15) is 0 Å². The van der Waals surface area contributed by atoms with Crippen LogP contribution in [0.3, 0.4) is 0 Å². The topological polar surface area (TPSA) is 46.2 Å². The summed E-state index contributed by atoms with van der Waals surface area (Å²) in [6, 6.07) is 0.0545. The van der Waals surface area contributed by atoms with E-state index in [1.54, 1.807) is 0 Å². The second kappa shape index (κ2) is 7.07. The molecule has 1 unspecified atom stereocenters. The zero-order valence-corrected chi connectivity index (χ0v) is 13.9. The number of sulfone groups is 1. The van der Waals surface area contributed by atoms with Gasteiger partial charge in [0.05, 0.1) is 11.5 Å². The van der Waals surface area contributed by atoms with Crippen molar-refractivity contribution in [1.29, 1.82) is 0 Å². The first-order chi connectivity index (χ1) is 8.74. The number of hydrogen-bond acceptors (Lipinski definition) is 3. The molecule has 0 amide bonds. The average molecular weight is 289 g/mol. The van der Waals surface area contributed by atoms with E-state index < -0.39 is 9.84 Å². The van der Waals surface area contributed by atoms with Crippen molar-refractivity contribution in [3.8, 4) is 0 Å². The van der Waals surface area contributed by atoms with Gasteiger partial charge in [0, 0.05) is 6.04 Å². The molecule has 0 aromatic heterocycles. The standard InChI is InChI=1S/C15H31NO2S/c1-5-10-16-14(15(2,3)4)12-19(17,18)11-13-8-6-7-9-13/h13-14,16H,5-12H2,1-4H3. The van der Waals surface area contributed by atoms with Crippen LogP contribution in [0.1, 0.15) is 59.8 Å². The van der Waals surface area contributed by atoms with E-state index in [1.807, 2.05) is 0 Å². The van der Waals surface area contributed by atoms with Crippen LogP contribution in [0.4, 0.5) is 0 Å². The Morgan fingerprint density at radius 2 is 1.79 bits per heavy atom. The van der Waals surface area contributed by atoms with Gasteiger partial charge in [-0.1, -0.05) is 40.5 Å². The molecule has 0 aliphatic heterocycles. The molecule has 1 aliphatic rings. The molecule has 1 atom stereocenters. The van der Waals surface area contributed by atoms with E-state index in [9.17, 15) is 8.42 Å². The lowest BCUT2D eigenvalue weighted by Gasteiger charge is -2.31. The second-order valence-corrected chi connectivity index (χ2v) is 9.25. The van der Waals surface area contributed by atoms with Crippen LogP contribution < -0.4 is 5.32 Å². The van der Waals surface area contributed by atoms with Crippen LogP contribution in [-0.2, 0) is 9.84 Å². The molecule has 4 heteroatoms. The van der Waals surface area contributed by atoms with Crippen molar-refractivity contribution in [2.45, 2.75) is 65.8 Å². The van der Waals surface area contributed by atoms with Gasteiger partial charge in [-0.25, -0.2) is 8.42 Å². The molecule has 0 spiro atoms. The third kappa shape index (κ3) is 6.26. The average Bonchev–Trinajstić information content (AvgIpc) is 2.74. The molecular formula is C15H31NO2S. The van der Waals surface area contributed by atoms with E-state index >= 15 is 0 Å². The molecule has 0 heterocycles. The van der Waals surface area contributed by atoms with Crippen molar-refractivity contribution in [2.75, 3.05) is 18.1 Å². The summed E-state index contributed by atoms with van der Waals surface area (Å²) >= 11 is 0. The zero-order chi connectivity index (χ0) is 14.5. The molecule has 0 bridgehead atoms. The first-order valence-corrected chi connectivity index (χ1v) is 9.50. The van der Waals surface area contributed by atoms with E-state index in [0.29, 0.717) is 11.7 Å². The lowest BCUT2D eigenvalue weighted by Crippen LogP contribution is -2.46. The van der Waals surface area contributed by atoms with Gasteiger partial charge in [0.2, 0.25) is 0 Å². The zero-order valence-electron chi connectivity index (χ0n) is 13.0. The van der Waals surface area contributed by atoms with Crippen molar-refractivity contribution in [3.05, 3.63) is 0 Å². The van der Waals surface area contributed by atoms with E-state index in [1.165, 1.54) is 12.8 Å². The Labute approximate surface area is 119 Å². The molecule has 0 aromatic rings. The highest BCUT2D eigenvalue weighted by atomic mass is 32.2. The number of rotatable bonds is 7. The molecule has 114 valence electrons. The highest BCUT2D eigenvalue weighted by molar-refractivity contribution is 7.91. The van der Waals surface area contributed by atoms with E-state index in [-0.39, 0.29) is 17.2 Å². The van der Waals surface area contributed by atoms with Crippen LogP contribution in [-0.4, -0.2) is 32.5 Å². The minimum Gasteiger partial charge on any atom is -0.312 e. The first-order valence-electron chi connectivity index (χ1n) is 7.68. The lowest BCUT2D eigenvalue weighted by atomic mass is 9.88. The van der Waals surface area contributed by atoms with Crippen LogP contribution in [0.15, 0.2) is 0 Å². The Morgan fingerprint density at radius 1 is 1.21 bits per heavy atom. The van der Waals surface area contributed by atoms with Gasteiger partial charge < -0.3 is 5.32 Å². The van der Waals surface area contributed by atoms with Crippen LogP contribution in [0.2, 0.25) is 0 Å². The second-order valence-electron chi connectivity index (χ2n) is 7.10. The summed E-state index contributed by atoms with van der Waals surface area (Å²) in [6.45, 7) is 9.35. The Balaban J connectivity index is 2.60. The molecule has 3 nitrogen and oxygen atoms in total. The van der Waals surface area contributed by atoms with Gasteiger partial charge in [-0.05, 0) is 37.1 Å². The molecule has 0 radical (unpaired) electrons. The molecule has 1 saturated carbocycles. The molecule has 1 aliphatic carbocycles. The molecule has 1 rings (SSSR count). The normalized spacial score (nSPS) is 19.8. The molecule has 0 aromatic carbocycles. The predicted octanol–water partition coefficient (Wildman–Crippen LogP) is 3.01. The SMILES string of the molecule is CCCNC(CS(=O)(=O)CC1CCCC1)C(C)(C)C. The highest BCUT2D eigenvalue weighted by Crippen LogP contribution is 2.27. The Morgan fingerprint density at radius 3 is 2.26 bits per heavy atom. The van der Waals surface area contributed by atoms with Gasteiger partial charge >= 0.3 is 0 Å². The fraction of sp³-hybridized carbons (Fsp3) is 1.00. The third-order valence-electron chi connectivity index (χ3n) is 4.07.